The van der Waals surface area contributed by atoms with E-state index in [9.17, 15) is 4.39 Å². The van der Waals surface area contributed by atoms with Gasteiger partial charge in [-0.3, -0.25) is 0 Å². The van der Waals surface area contributed by atoms with Crippen molar-refractivity contribution in [3.8, 4) is 5.75 Å². The van der Waals surface area contributed by atoms with Gasteiger partial charge in [-0.05, 0) is 12.1 Å². The van der Waals surface area contributed by atoms with Crippen LogP contribution < -0.4 is 10.5 Å². The SMILES string of the molecule is [C-]#[N+]c1ccc(OC/C(=C/F)CN)cc1Br. The van der Waals surface area contributed by atoms with E-state index in [1.165, 1.54) is 0 Å². The third-order valence-corrected chi connectivity index (χ3v) is 2.52. The first-order chi connectivity index (χ1) is 7.71. The zero-order valence-electron chi connectivity index (χ0n) is 8.41. The molecular weight excluding hydrogens is 275 g/mol. The number of ether oxygens (including phenoxy) is 1. The quantitative estimate of drug-likeness (QED) is 0.863. The predicted molar refractivity (Wildman–Crippen MR) is 64.1 cm³/mol. The molecule has 0 aromatic heterocycles. The van der Waals surface area contributed by atoms with Gasteiger partial charge in [-0.1, -0.05) is 22.0 Å². The van der Waals surface area contributed by atoms with E-state index in [-0.39, 0.29) is 13.2 Å². The van der Waals surface area contributed by atoms with Gasteiger partial charge >= 0.3 is 0 Å². The van der Waals surface area contributed by atoms with Crippen molar-refractivity contribution in [1.29, 1.82) is 0 Å². The van der Waals surface area contributed by atoms with E-state index in [4.69, 9.17) is 17.0 Å². The smallest absolute Gasteiger partial charge is 0.201 e. The van der Waals surface area contributed by atoms with Crippen molar-refractivity contribution >= 4 is 21.6 Å². The molecule has 3 nitrogen and oxygen atoms in total. The number of hydrogen-bond donors (Lipinski definition) is 1. The molecule has 1 rings (SSSR count). The van der Waals surface area contributed by atoms with Crippen molar-refractivity contribution in [2.24, 2.45) is 5.73 Å². The van der Waals surface area contributed by atoms with Crippen molar-refractivity contribution in [3.63, 3.8) is 0 Å². The van der Waals surface area contributed by atoms with Gasteiger partial charge in [-0.25, -0.2) is 9.24 Å². The first-order valence-corrected chi connectivity index (χ1v) is 5.28. The third-order valence-electron chi connectivity index (χ3n) is 1.88. The van der Waals surface area contributed by atoms with Crippen molar-refractivity contribution < 1.29 is 9.13 Å². The summed E-state index contributed by atoms with van der Waals surface area (Å²) in [7, 11) is 0. The lowest BCUT2D eigenvalue weighted by Gasteiger charge is -2.07. The molecule has 0 bridgehead atoms. The van der Waals surface area contributed by atoms with Crippen LogP contribution in [0.2, 0.25) is 0 Å². The zero-order chi connectivity index (χ0) is 12.0. The topological polar surface area (TPSA) is 39.6 Å². The maximum Gasteiger partial charge on any atom is 0.201 e. The molecule has 2 N–H and O–H groups in total. The highest BCUT2D eigenvalue weighted by molar-refractivity contribution is 9.10. The number of rotatable bonds is 4. The van der Waals surface area contributed by atoms with Crippen LogP contribution >= 0.6 is 15.9 Å². The van der Waals surface area contributed by atoms with Crippen LogP contribution in [0.1, 0.15) is 0 Å². The van der Waals surface area contributed by atoms with Crippen LogP contribution in [0.3, 0.4) is 0 Å². The minimum atomic E-state index is 0.108. The van der Waals surface area contributed by atoms with Gasteiger partial charge in [0.25, 0.3) is 0 Å². The van der Waals surface area contributed by atoms with Crippen molar-refractivity contribution in [3.05, 3.63) is 46.0 Å². The van der Waals surface area contributed by atoms with Gasteiger partial charge in [0.1, 0.15) is 12.4 Å². The van der Waals surface area contributed by atoms with Gasteiger partial charge in [-0.2, -0.15) is 0 Å². The highest BCUT2D eigenvalue weighted by Gasteiger charge is 2.02. The molecule has 0 amide bonds. The Hall–Kier alpha value is -1.38. The predicted octanol–water partition coefficient (Wildman–Crippen LogP) is 3.19. The first kappa shape index (κ1) is 12.7. The molecule has 0 atom stereocenters. The van der Waals surface area contributed by atoms with Crippen molar-refractivity contribution in [2.75, 3.05) is 13.2 Å². The molecule has 0 unspecified atom stereocenters. The number of nitrogens with zero attached hydrogens (tertiary/aromatic N) is 1. The molecular formula is C11H10BrFN2O. The molecule has 0 aliphatic carbocycles. The van der Waals surface area contributed by atoms with E-state index >= 15 is 0 Å². The van der Waals surface area contributed by atoms with Crippen LogP contribution in [0.4, 0.5) is 10.1 Å². The monoisotopic (exact) mass is 284 g/mol. The average molecular weight is 285 g/mol. The molecule has 5 heteroatoms. The second-order valence-corrected chi connectivity index (χ2v) is 3.84. The molecule has 0 fully saturated rings. The fourth-order valence-electron chi connectivity index (χ4n) is 0.979. The minimum absolute atomic E-state index is 0.108. The zero-order valence-corrected chi connectivity index (χ0v) is 10.00. The Morgan fingerprint density at radius 1 is 1.62 bits per heavy atom. The van der Waals surface area contributed by atoms with Crippen LogP contribution in [-0.2, 0) is 0 Å². The van der Waals surface area contributed by atoms with E-state index in [0.717, 1.165) is 0 Å². The summed E-state index contributed by atoms with van der Waals surface area (Å²) in [5, 5.41) is 0. The highest BCUT2D eigenvalue weighted by atomic mass is 79.9. The Labute approximate surface area is 102 Å². The third kappa shape index (κ3) is 3.33. The Morgan fingerprint density at radius 2 is 2.38 bits per heavy atom. The van der Waals surface area contributed by atoms with Gasteiger partial charge in [0.05, 0.1) is 12.9 Å². The van der Waals surface area contributed by atoms with E-state index in [1.807, 2.05) is 0 Å². The fourth-order valence-corrected chi connectivity index (χ4v) is 1.43. The molecule has 16 heavy (non-hydrogen) atoms. The Bertz CT molecular complexity index is 440. The van der Waals surface area contributed by atoms with Crippen LogP contribution in [-0.4, -0.2) is 13.2 Å². The summed E-state index contributed by atoms with van der Waals surface area (Å²) in [4.78, 5) is 3.29. The standard InChI is InChI=1S/C11H10BrFN2O/c1-15-11-3-2-9(4-10(11)12)16-7-8(5-13)6-14/h2-5H,6-7,14H2/b8-5+. The second kappa shape index (κ2) is 6.26. The Kier molecular flexibility index (Phi) is 4.96. The molecule has 84 valence electrons. The molecule has 0 saturated heterocycles. The van der Waals surface area contributed by atoms with Crippen molar-refractivity contribution in [2.45, 2.75) is 0 Å². The van der Waals surface area contributed by atoms with Gasteiger partial charge in [0.2, 0.25) is 5.69 Å². The Balaban J connectivity index is 2.70. The average Bonchev–Trinajstić information content (AvgIpc) is 2.30. The van der Waals surface area contributed by atoms with E-state index < -0.39 is 0 Å². The maximum atomic E-state index is 12.2. The summed E-state index contributed by atoms with van der Waals surface area (Å²) < 4.78 is 18.1. The summed E-state index contributed by atoms with van der Waals surface area (Å²) in [6.45, 7) is 7.09. The van der Waals surface area contributed by atoms with E-state index in [2.05, 4.69) is 20.8 Å². The number of benzene rings is 1. The maximum absolute atomic E-state index is 12.2. The summed E-state index contributed by atoms with van der Waals surface area (Å²) >= 11 is 3.24. The summed E-state index contributed by atoms with van der Waals surface area (Å²) in [5.41, 5.74) is 6.17. The largest absolute Gasteiger partial charge is 0.489 e. The van der Waals surface area contributed by atoms with Gasteiger partial charge in [0.15, 0.2) is 0 Å². The number of halogens is 2. The fraction of sp³-hybridized carbons (Fsp3) is 0.182. The molecule has 1 aromatic carbocycles. The first-order valence-electron chi connectivity index (χ1n) is 4.49. The lowest BCUT2D eigenvalue weighted by atomic mass is 10.3. The highest BCUT2D eigenvalue weighted by Crippen LogP contribution is 2.29. The second-order valence-electron chi connectivity index (χ2n) is 2.99. The van der Waals surface area contributed by atoms with E-state index in [1.54, 1.807) is 18.2 Å². The summed E-state index contributed by atoms with van der Waals surface area (Å²) in [5.74, 6) is 0.562. The molecule has 1 aromatic rings. The van der Waals surface area contributed by atoms with Gasteiger partial charge in [-0.15, -0.1) is 0 Å². The van der Waals surface area contributed by atoms with Crippen LogP contribution in [0, 0.1) is 6.57 Å². The molecule has 0 aliphatic heterocycles. The number of nitrogens with two attached hydrogens (primary N) is 1. The van der Waals surface area contributed by atoms with Crippen LogP contribution in [0.15, 0.2) is 34.6 Å². The van der Waals surface area contributed by atoms with Crippen LogP contribution in [0.25, 0.3) is 4.85 Å². The van der Waals surface area contributed by atoms with Gasteiger partial charge < -0.3 is 10.5 Å². The molecule has 0 heterocycles. The van der Waals surface area contributed by atoms with Crippen LogP contribution in [0.5, 0.6) is 5.75 Å². The minimum Gasteiger partial charge on any atom is -0.489 e. The molecule has 0 spiro atoms. The van der Waals surface area contributed by atoms with Gasteiger partial charge in [0, 0.05) is 16.6 Å². The lowest BCUT2D eigenvalue weighted by molar-refractivity contribution is 0.347. The van der Waals surface area contributed by atoms with E-state index in [0.29, 0.717) is 27.8 Å². The lowest BCUT2D eigenvalue weighted by Crippen LogP contribution is -2.10. The molecule has 0 saturated carbocycles. The van der Waals surface area contributed by atoms with Crippen molar-refractivity contribution in [1.82, 2.24) is 0 Å². The Morgan fingerprint density at radius 3 is 2.88 bits per heavy atom. The molecule has 0 aliphatic rings. The normalized spacial score (nSPS) is 11.0. The number of hydrogen-bond acceptors (Lipinski definition) is 2. The molecule has 0 radical (unpaired) electrons. The summed E-state index contributed by atoms with van der Waals surface area (Å²) in [6.07, 6.45) is 0.447. The summed E-state index contributed by atoms with van der Waals surface area (Å²) in [6, 6.07) is 4.96.